The van der Waals surface area contributed by atoms with E-state index < -0.39 is 5.97 Å². The van der Waals surface area contributed by atoms with Gasteiger partial charge in [-0.2, -0.15) is 0 Å². The molecule has 1 aromatic heterocycles. The Labute approximate surface area is 175 Å². The average Bonchev–Trinajstić information content (AvgIpc) is 2.71. The Hall–Kier alpha value is -2.92. The summed E-state index contributed by atoms with van der Waals surface area (Å²) in [4.78, 5) is 29.7. The molecule has 0 aliphatic rings. The number of carbonyl (C=O) groups excluding carboxylic acids is 2. The van der Waals surface area contributed by atoms with Gasteiger partial charge in [0.25, 0.3) is 5.91 Å². The Kier molecular flexibility index (Phi) is 6.49. The Morgan fingerprint density at radius 2 is 1.93 bits per heavy atom. The second kappa shape index (κ2) is 9.05. The largest absolute Gasteiger partial charge is 0.452 e. The van der Waals surface area contributed by atoms with Crippen molar-refractivity contribution in [2.75, 3.05) is 6.61 Å². The number of nitrogens with one attached hydrogen (secondary N) is 1. The molecule has 0 aliphatic carbocycles. The fourth-order valence-corrected chi connectivity index (χ4v) is 3.30. The van der Waals surface area contributed by atoms with E-state index in [1.165, 1.54) is 0 Å². The van der Waals surface area contributed by atoms with Crippen molar-refractivity contribution in [2.24, 2.45) is 0 Å². The van der Waals surface area contributed by atoms with E-state index in [0.29, 0.717) is 32.7 Å². The highest BCUT2D eigenvalue weighted by Crippen LogP contribution is 2.31. The molecule has 2 aromatic carbocycles. The summed E-state index contributed by atoms with van der Waals surface area (Å²) in [5.41, 5.74) is 3.22. The SMILES string of the molecule is CC[C@@H](C)NC(=O)COC(=O)c1c(C)c(-c2cccc(Cl)c2)nc2ccccc12. The molecule has 0 unspecified atom stereocenters. The van der Waals surface area contributed by atoms with Gasteiger partial charge in [0.15, 0.2) is 6.61 Å². The number of hydrogen-bond donors (Lipinski definition) is 1. The van der Waals surface area contributed by atoms with Crippen LogP contribution in [-0.2, 0) is 9.53 Å². The van der Waals surface area contributed by atoms with Gasteiger partial charge in [-0.05, 0) is 44.0 Å². The van der Waals surface area contributed by atoms with Crippen LogP contribution in [0.4, 0.5) is 0 Å². The van der Waals surface area contributed by atoms with Gasteiger partial charge in [0.2, 0.25) is 0 Å². The lowest BCUT2D eigenvalue weighted by Crippen LogP contribution is -2.35. The molecule has 6 heteroatoms. The third-order valence-corrected chi connectivity index (χ3v) is 5.03. The second-order valence-corrected chi connectivity index (χ2v) is 7.38. The number of rotatable bonds is 6. The maximum absolute atomic E-state index is 12.9. The van der Waals surface area contributed by atoms with Crippen molar-refractivity contribution < 1.29 is 14.3 Å². The van der Waals surface area contributed by atoms with Crippen molar-refractivity contribution in [1.29, 1.82) is 0 Å². The standard InChI is InChI=1S/C23H23ClN2O3/c1-4-14(2)25-20(27)13-29-23(28)21-15(3)22(16-8-7-9-17(24)12-16)26-19-11-6-5-10-18(19)21/h5-12,14H,4,13H2,1-3H3,(H,25,27)/t14-/m1/s1. The number of benzene rings is 2. The number of carbonyl (C=O) groups is 2. The van der Waals surface area contributed by atoms with E-state index in [9.17, 15) is 9.59 Å². The molecular weight excluding hydrogens is 388 g/mol. The minimum Gasteiger partial charge on any atom is -0.452 e. The highest BCUT2D eigenvalue weighted by atomic mass is 35.5. The van der Waals surface area contributed by atoms with Crippen LogP contribution < -0.4 is 5.32 Å². The van der Waals surface area contributed by atoms with Gasteiger partial charge in [-0.1, -0.05) is 48.9 Å². The molecular formula is C23H23ClN2O3. The van der Waals surface area contributed by atoms with Gasteiger partial charge in [-0.3, -0.25) is 4.79 Å². The fraction of sp³-hybridized carbons (Fsp3) is 0.261. The molecule has 0 aliphatic heterocycles. The van der Waals surface area contributed by atoms with Gasteiger partial charge in [-0.25, -0.2) is 9.78 Å². The number of esters is 1. The molecule has 0 saturated carbocycles. The van der Waals surface area contributed by atoms with Crippen LogP contribution in [-0.4, -0.2) is 29.5 Å². The van der Waals surface area contributed by atoms with E-state index in [-0.39, 0.29) is 18.6 Å². The van der Waals surface area contributed by atoms with Crippen molar-refractivity contribution in [3.05, 3.63) is 64.7 Å². The van der Waals surface area contributed by atoms with Crippen LogP contribution in [0.2, 0.25) is 5.02 Å². The summed E-state index contributed by atoms with van der Waals surface area (Å²) in [7, 11) is 0. The first-order valence-corrected chi connectivity index (χ1v) is 9.90. The lowest BCUT2D eigenvalue weighted by molar-refractivity contribution is -0.124. The molecule has 0 fully saturated rings. The van der Waals surface area contributed by atoms with Crippen molar-refractivity contribution in [1.82, 2.24) is 10.3 Å². The van der Waals surface area contributed by atoms with Gasteiger partial charge >= 0.3 is 5.97 Å². The van der Waals surface area contributed by atoms with Gasteiger partial charge in [0.1, 0.15) is 0 Å². The highest BCUT2D eigenvalue weighted by molar-refractivity contribution is 6.30. The quantitative estimate of drug-likeness (QED) is 0.584. The number of para-hydroxylation sites is 1. The minimum atomic E-state index is -0.552. The maximum atomic E-state index is 12.9. The zero-order valence-corrected chi connectivity index (χ0v) is 17.4. The number of nitrogens with zero attached hydrogens (tertiary/aromatic N) is 1. The fourth-order valence-electron chi connectivity index (χ4n) is 3.11. The summed E-state index contributed by atoms with van der Waals surface area (Å²) in [6.45, 7) is 5.37. The van der Waals surface area contributed by atoms with Crippen LogP contribution in [0.5, 0.6) is 0 Å². The molecule has 1 heterocycles. The number of ether oxygens (including phenoxy) is 1. The van der Waals surface area contributed by atoms with E-state index in [0.717, 1.165) is 12.0 Å². The molecule has 0 bridgehead atoms. The number of hydrogen-bond acceptors (Lipinski definition) is 4. The van der Waals surface area contributed by atoms with E-state index in [1.807, 2.05) is 57.2 Å². The molecule has 150 valence electrons. The molecule has 1 amide bonds. The van der Waals surface area contributed by atoms with Crippen LogP contribution in [0.15, 0.2) is 48.5 Å². The number of pyridine rings is 1. The minimum absolute atomic E-state index is 0.0270. The van der Waals surface area contributed by atoms with Crippen molar-refractivity contribution >= 4 is 34.4 Å². The van der Waals surface area contributed by atoms with E-state index >= 15 is 0 Å². The smallest absolute Gasteiger partial charge is 0.339 e. The number of halogens is 1. The van der Waals surface area contributed by atoms with E-state index in [4.69, 9.17) is 21.3 Å². The molecule has 29 heavy (non-hydrogen) atoms. The Balaban J connectivity index is 1.99. The Morgan fingerprint density at radius 3 is 2.66 bits per heavy atom. The monoisotopic (exact) mass is 410 g/mol. The first kappa shape index (κ1) is 20.8. The number of aromatic nitrogens is 1. The zero-order chi connectivity index (χ0) is 21.0. The first-order valence-electron chi connectivity index (χ1n) is 9.52. The lowest BCUT2D eigenvalue weighted by Gasteiger charge is -2.15. The third kappa shape index (κ3) is 4.74. The Morgan fingerprint density at radius 1 is 1.17 bits per heavy atom. The molecule has 1 atom stereocenters. The van der Waals surface area contributed by atoms with Crippen LogP contribution in [0.1, 0.15) is 36.2 Å². The summed E-state index contributed by atoms with van der Waals surface area (Å²) in [5.74, 6) is -0.873. The number of fused-ring (bicyclic) bond motifs is 1. The van der Waals surface area contributed by atoms with Crippen molar-refractivity contribution in [2.45, 2.75) is 33.2 Å². The normalized spacial score (nSPS) is 11.9. The van der Waals surface area contributed by atoms with Crippen molar-refractivity contribution in [3.8, 4) is 11.3 Å². The van der Waals surface area contributed by atoms with Crippen LogP contribution >= 0.6 is 11.6 Å². The lowest BCUT2D eigenvalue weighted by atomic mass is 9.98. The van der Waals surface area contributed by atoms with E-state index in [2.05, 4.69) is 5.32 Å². The van der Waals surface area contributed by atoms with Gasteiger partial charge < -0.3 is 10.1 Å². The van der Waals surface area contributed by atoms with Crippen LogP contribution in [0.25, 0.3) is 22.2 Å². The maximum Gasteiger partial charge on any atom is 0.339 e. The summed E-state index contributed by atoms with van der Waals surface area (Å²) in [6, 6.07) is 14.7. The molecule has 0 saturated heterocycles. The van der Waals surface area contributed by atoms with Crippen LogP contribution in [0.3, 0.4) is 0 Å². The van der Waals surface area contributed by atoms with Gasteiger partial charge in [-0.15, -0.1) is 0 Å². The van der Waals surface area contributed by atoms with E-state index in [1.54, 1.807) is 12.1 Å². The van der Waals surface area contributed by atoms with Crippen LogP contribution in [0, 0.1) is 6.92 Å². The molecule has 3 rings (SSSR count). The van der Waals surface area contributed by atoms with Crippen molar-refractivity contribution in [3.63, 3.8) is 0 Å². The van der Waals surface area contributed by atoms with Gasteiger partial charge in [0.05, 0.1) is 16.8 Å². The first-order chi connectivity index (χ1) is 13.9. The molecule has 1 N–H and O–H groups in total. The van der Waals surface area contributed by atoms with Gasteiger partial charge in [0, 0.05) is 22.0 Å². The summed E-state index contributed by atoms with van der Waals surface area (Å²) >= 11 is 6.14. The predicted molar refractivity (Wildman–Crippen MR) is 115 cm³/mol. The summed E-state index contributed by atoms with van der Waals surface area (Å²) in [5, 5.41) is 4.06. The summed E-state index contributed by atoms with van der Waals surface area (Å²) < 4.78 is 5.33. The average molecular weight is 411 g/mol. The second-order valence-electron chi connectivity index (χ2n) is 6.94. The summed E-state index contributed by atoms with van der Waals surface area (Å²) in [6.07, 6.45) is 0.802. The third-order valence-electron chi connectivity index (χ3n) is 4.79. The molecule has 5 nitrogen and oxygen atoms in total. The Bertz CT molecular complexity index is 1070. The molecule has 3 aromatic rings. The zero-order valence-electron chi connectivity index (χ0n) is 16.7. The number of amides is 1. The topological polar surface area (TPSA) is 68.3 Å². The predicted octanol–water partition coefficient (Wildman–Crippen LogP) is 4.94. The molecule has 0 spiro atoms. The highest BCUT2D eigenvalue weighted by Gasteiger charge is 2.21. The molecule has 0 radical (unpaired) electrons.